The van der Waals surface area contributed by atoms with E-state index < -0.39 is 17.6 Å². The molecule has 0 aliphatic rings. The molecule has 3 N–H and O–H groups in total. The van der Waals surface area contributed by atoms with Gasteiger partial charge < -0.3 is 15.4 Å². The number of carbonyl (C=O) groups is 1. The Bertz CT molecular complexity index is 1010. The number of aliphatic hydroxyl groups excluding tert-OH is 1. The van der Waals surface area contributed by atoms with Gasteiger partial charge in [-0.25, -0.2) is 4.98 Å². The molecule has 3 heterocycles. The molecule has 8 nitrogen and oxygen atoms in total. The molecule has 0 aromatic carbocycles. The van der Waals surface area contributed by atoms with Crippen LogP contribution in [0.1, 0.15) is 22.2 Å². The number of aromatic amines is 1. The molecule has 0 aliphatic carbocycles. The minimum atomic E-state index is -1.10. The van der Waals surface area contributed by atoms with E-state index in [4.69, 9.17) is 0 Å². The molecule has 0 saturated heterocycles. The third-order valence-corrected chi connectivity index (χ3v) is 3.46. The van der Waals surface area contributed by atoms with E-state index in [2.05, 4.69) is 15.3 Å². The highest BCUT2D eigenvalue weighted by molar-refractivity contribution is 5.93. The lowest BCUT2D eigenvalue weighted by molar-refractivity contribution is 0.0912. The van der Waals surface area contributed by atoms with Gasteiger partial charge >= 0.3 is 0 Å². The Kier molecular flexibility index (Phi) is 4.21. The zero-order valence-corrected chi connectivity index (χ0v) is 12.5. The molecule has 122 valence electrons. The van der Waals surface area contributed by atoms with Gasteiger partial charge in [-0.15, -0.1) is 0 Å². The molecule has 0 bridgehead atoms. The van der Waals surface area contributed by atoms with Crippen molar-refractivity contribution in [3.8, 4) is 0 Å². The number of rotatable bonds is 4. The van der Waals surface area contributed by atoms with Gasteiger partial charge in [0.15, 0.2) is 0 Å². The third kappa shape index (κ3) is 3.08. The summed E-state index contributed by atoms with van der Waals surface area (Å²) in [6.07, 6.45) is 1.62. The summed E-state index contributed by atoms with van der Waals surface area (Å²) in [7, 11) is 0. The molecule has 3 rings (SSSR count). The Balaban J connectivity index is 1.77. The number of hydrogen-bond donors (Lipinski definition) is 3. The van der Waals surface area contributed by atoms with Crippen LogP contribution in [-0.4, -0.2) is 31.9 Å². The molecular formula is C16H14N4O4. The number of hydrogen-bond acceptors (Lipinski definition) is 5. The van der Waals surface area contributed by atoms with Gasteiger partial charge in [0.25, 0.3) is 11.5 Å². The Morgan fingerprint density at radius 1 is 1.25 bits per heavy atom. The largest absolute Gasteiger partial charge is 0.385 e. The van der Waals surface area contributed by atoms with Crippen molar-refractivity contribution in [2.75, 3.05) is 6.54 Å². The van der Waals surface area contributed by atoms with Crippen LogP contribution in [0, 0.1) is 0 Å². The number of H-pyrrole nitrogens is 1. The molecule has 1 amide bonds. The SMILES string of the molecule is O=C(NCC(O)c1cccc(=O)[nH]1)c1cnc2ccccn2c1=O. The van der Waals surface area contributed by atoms with E-state index in [1.165, 1.54) is 35.0 Å². The monoisotopic (exact) mass is 326 g/mol. The first-order valence-corrected chi connectivity index (χ1v) is 7.18. The van der Waals surface area contributed by atoms with Gasteiger partial charge in [-0.3, -0.25) is 18.8 Å². The second-order valence-corrected chi connectivity index (χ2v) is 5.10. The number of nitrogens with zero attached hydrogens (tertiary/aromatic N) is 2. The maximum atomic E-state index is 12.3. The van der Waals surface area contributed by atoms with Crippen molar-refractivity contribution >= 4 is 11.6 Å². The van der Waals surface area contributed by atoms with Gasteiger partial charge in [0.2, 0.25) is 5.56 Å². The van der Waals surface area contributed by atoms with Crippen LogP contribution < -0.4 is 16.4 Å². The predicted molar refractivity (Wildman–Crippen MR) is 85.8 cm³/mol. The maximum absolute atomic E-state index is 12.3. The highest BCUT2D eigenvalue weighted by Gasteiger charge is 2.15. The molecule has 0 aliphatic heterocycles. The van der Waals surface area contributed by atoms with Crippen LogP contribution in [0.15, 0.2) is 58.4 Å². The third-order valence-electron chi connectivity index (χ3n) is 3.46. The summed E-state index contributed by atoms with van der Waals surface area (Å²) in [6.45, 7) is -0.157. The van der Waals surface area contributed by atoms with Crippen molar-refractivity contribution in [3.63, 3.8) is 0 Å². The topological polar surface area (TPSA) is 117 Å². The molecule has 0 fully saturated rings. The molecule has 0 saturated carbocycles. The Morgan fingerprint density at radius 3 is 2.88 bits per heavy atom. The van der Waals surface area contributed by atoms with E-state index >= 15 is 0 Å². The number of carbonyl (C=O) groups excluding carboxylic acids is 1. The molecule has 1 atom stereocenters. The fourth-order valence-corrected chi connectivity index (χ4v) is 2.24. The highest BCUT2D eigenvalue weighted by atomic mass is 16.3. The number of fused-ring (bicyclic) bond motifs is 1. The van der Waals surface area contributed by atoms with E-state index in [9.17, 15) is 19.5 Å². The lowest BCUT2D eigenvalue weighted by atomic mass is 10.2. The maximum Gasteiger partial charge on any atom is 0.270 e. The normalized spacial score (nSPS) is 12.0. The quantitative estimate of drug-likeness (QED) is 0.616. The van der Waals surface area contributed by atoms with Crippen molar-refractivity contribution in [3.05, 3.63) is 80.8 Å². The van der Waals surface area contributed by atoms with Crippen LogP contribution in [0.2, 0.25) is 0 Å². The smallest absolute Gasteiger partial charge is 0.270 e. The fraction of sp³-hybridized carbons (Fsp3) is 0.125. The minimum Gasteiger partial charge on any atom is -0.385 e. The van der Waals surface area contributed by atoms with Crippen molar-refractivity contribution in [2.45, 2.75) is 6.10 Å². The van der Waals surface area contributed by atoms with Gasteiger partial charge in [0.1, 0.15) is 17.3 Å². The summed E-state index contributed by atoms with van der Waals surface area (Å²) < 4.78 is 1.26. The fourth-order valence-electron chi connectivity index (χ4n) is 2.24. The first-order chi connectivity index (χ1) is 11.6. The van der Waals surface area contributed by atoms with Crippen LogP contribution in [0.4, 0.5) is 0 Å². The summed E-state index contributed by atoms with van der Waals surface area (Å²) >= 11 is 0. The van der Waals surface area contributed by atoms with Crippen molar-refractivity contribution in [1.29, 1.82) is 0 Å². The zero-order chi connectivity index (χ0) is 17.1. The highest BCUT2D eigenvalue weighted by Crippen LogP contribution is 2.06. The second-order valence-electron chi connectivity index (χ2n) is 5.10. The van der Waals surface area contributed by atoms with Crippen molar-refractivity contribution in [2.24, 2.45) is 0 Å². The lowest BCUT2D eigenvalue weighted by Crippen LogP contribution is -2.34. The van der Waals surface area contributed by atoms with Crippen LogP contribution >= 0.6 is 0 Å². The molecular weight excluding hydrogens is 312 g/mol. The first-order valence-electron chi connectivity index (χ1n) is 7.18. The Morgan fingerprint density at radius 2 is 2.08 bits per heavy atom. The number of aliphatic hydroxyl groups is 1. The van der Waals surface area contributed by atoms with Crippen LogP contribution in [0.5, 0.6) is 0 Å². The van der Waals surface area contributed by atoms with Gasteiger partial charge in [-0.2, -0.15) is 0 Å². The van der Waals surface area contributed by atoms with Crippen LogP contribution in [-0.2, 0) is 0 Å². The number of pyridine rings is 2. The molecule has 0 radical (unpaired) electrons. The van der Waals surface area contributed by atoms with E-state index in [1.807, 2.05) is 0 Å². The van der Waals surface area contributed by atoms with Crippen molar-refractivity contribution < 1.29 is 9.90 Å². The van der Waals surface area contributed by atoms with Gasteiger partial charge in [0, 0.05) is 30.7 Å². The van der Waals surface area contributed by atoms with E-state index in [1.54, 1.807) is 18.2 Å². The second kappa shape index (κ2) is 6.47. The molecule has 24 heavy (non-hydrogen) atoms. The van der Waals surface area contributed by atoms with Crippen molar-refractivity contribution in [1.82, 2.24) is 19.7 Å². The zero-order valence-electron chi connectivity index (χ0n) is 12.5. The van der Waals surface area contributed by atoms with E-state index in [0.29, 0.717) is 5.65 Å². The molecule has 0 spiro atoms. The standard InChI is InChI=1S/C16H14N4O4/c21-12(11-4-3-6-14(22)19-11)9-18-15(23)10-8-17-13-5-1-2-7-20(13)16(10)24/h1-8,12,21H,9H2,(H,18,23)(H,19,22). The summed E-state index contributed by atoms with van der Waals surface area (Å²) in [5.74, 6) is -0.650. The van der Waals surface area contributed by atoms with Crippen LogP contribution in [0.3, 0.4) is 0 Å². The summed E-state index contributed by atoms with van der Waals surface area (Å²) in [5, 5.41) is 12.5. The average molecular weight is 326 g/mol. The van der Waals surface area contributed by atoms with Gasteiger partial charge in [-0.1, -0.05) is 12.1 Å². The number of amides is 1. The lowest BCUT2D eigenvalue weighted by Gasteiger charge is -2.11. The van der Waals surface area contributed by atoms with Gasteiger partial charge in [0.05, 0.1) is 0 Å². The molecule has 1 unspecified atom stereocenters. The Labute approximate surface area is 135 Å². The minimum absolute atomic E-state index is 0.132. The van der Waals surface area contributed by atoms with E-state index in [0.717, 1.165) is 0 Å². The summed E-state index contributed by atoms with van der Waals surface area (Å²) in [5.41, 5.74) is -0.278. The number of nitrogens with one attached hydrogen (secondary N) is 2. The van der Waals surface area contributed by atoms with E-state index in [-0.39, 0.29) is 23.4 Å². The summed E-state index contributed by atoms with van der Waals surface area (Å²) in [6, 6.07) is 9.39. The van der Waals surface area contributed by atoms with Crippen LogP contribution in [0.25, 0.3) is 5.65 Å². The molecule has 3 aromatic heterocycles. The first kappa shape index (κ1) is 15.6. The molecule has 8 heteroatoms. The average Bonchev–Trinajstić information content (AvgIpc) is 2.60. The predicted octanol–water partition coefficient (Wildman–Crippen LogP) is -0.154. The number of aromatic nitrogens is 3. The van der Waals surface area contributed by atoms with Gasteiger partial charge in [-0.05, 0) is 18.2 Å². The molecule has 3 aromatic rings. The summed E-state index contributed by atoms with van der Waals surface area (Å²) in [4.78, 5) is 42.2. The Hall–Kier alpha value is -3.26.